The smallest absolute Gasteiger partial charge is 0.268 e. The molecule has 1 aliphatic rings. The number of carbonyl (C=O) groups excluding carboxylic acids is 3. The molecule has 2 heterocycles. The maximum atomic E-state index is 13.2. The van der Waals surface area contributed by atoms with Gasteiger partial charge in [0.1, 0.15) is 11.6 Å². The molecule has 1 fully saturated rings. The molecule has 1 aliphatic heterocycles. The van der Waals surface area contributed by atoms with Crippen molar-refractivity contribution < 1.29 is 23.9 Å². The number of amides is 3. The topological polar surface area (TPSA) is 112 Å². The van der Waals surface area contributed by atoms with E-state index in [1.54, 1.807) is 18.2 Å². The molecule has 3 amide bonds. The van der Waals surface area contributed by atoms with Gasteiger partial charge in [-0.3, -0.25) is 14.4 Å². The summed E-state index contributed by atoms with van der Waals surface area (Å²) in [6.07, 6.45) is 1.69. The van der Waals surface area contributed by atoms with Crippen molar-refractivity contribution in [3.05, 3.63) is 54.0 Å². The maximum absolute atomic E-state index is 13.2. The molecule has 152 valence electrons. The lowest BCUT2D eigenvalue weighted by Crippen LogP contribution is -2.52. The number of halogens is 1. The summed E-state index contributed by atoms with van der Waals surface area (Å²) in [4.78, 5) is 41.5. The van der Waals surface area contributed by atoms with E-state index in [0.29, 0.717) is 23.5 Å². The van der Waals surface area contributed by atoms with E-state index in [9.17, 15) is 23.9 Å². The molecule has 0 radical (unpaired) electrons. The molecule has 1 aromatic carbocycles. The first-order valence-electron chi connectivity index (χ1n) is 9.10. The second kappa shape index (κ2) is 8.36. The van der Waals surface area contributed by atoms with E-state index in [-0.39, 0.29) is 31.2 Å². The number of aliphatic hydroxyl groups is 1. The Hall–Kier alpha value is -3.33. The highest BCUT2D eigenvalue weighted by Gasteiger charge is 2.51. The lowest BCUT2D eigenvalue weighted by molar-refractivity contribution is -0.149. The minimum absolute atomic E-state index is 0.0644. The van der Waals surface area contributed by atoms with Crippen LogP contribution < -0.4 is 15.5 Å². The van der Waals surface area contributed by atoms with Crippen molar-refractivity contribution in [1.29, 1.82) is 0 Å². The van der Waals surface area contributed by atoms with Crippen molar-refractivity contribution >= 4 is 29.2 Å². The fraction of sp³-hybridized carbons (Fsp3) is 0.300. The third-order valence-electron chi connectivity index (χ3n) is 4.62. The van der Waals surface area contributed by atoms with Gasteiger partial charge in [0.15, 0.2) is 0 Å². The van der Waals surface area contributed by atoms with E-state index in [0.717, 1.165) is 0 Å². The third kappa shape index (κ3) is 4.57. The molecule has 2 aromatic rings. The largest absolute Gasteiger partial charge is 0.372 e. The monoisotopic (exact) mass is 400 g/mol. The van der Waals surface area contributed by atoms with Crippen molar-refractivity contribution in [1.82, 2.24) is 10.3 Å². The van der Waals surface area contributed by atoms with Gasteiger partial charge in [-0.05, 0) is 36.2 Å². The second-order valence-corrected chi connectivity index (χ2v) is 6.79. The van der Waals surface area contributed by atoms with Crippen LogP contribution in [0.3, 0.4) is 0 Å². The SMILES string of the molecule is CC(=O)Nc1ccc(N2CCC(O)(C(=O)NCCc3cccc(F)c3)C2=O)cn1. The molecule has 0 spiro atoms. The summed E-state index contributed by atoms with van der Waals surface area (Å²) in [5, 5.41) is 15.7. The number of aromatic nitrogens is 1. The predicted octanol–water partition coefficient (Wildman–Crippen LogP) is 1.01. The van der Waals surface area contributed by atoms with Gasteiger partial charge in [-0.15, -0.1) is 0 Å². The molecule has 3 N–H and O–H groups in total. The fourth-order valence-corrected chi connectivity index (χ4v) is 3.12. The van der Waals surface area contributed by atoms with Crippen LogP contribution in [-0.4, -0.2) is 46.5 Å². The van der Waals surface area contributed by atoms with Gasteiger partial charge >= 0.3 is 0 Å². The molecule has 1 unspecified atom stereocenters. The van der Waals surface area contributed by atoms with Crippen LogP contribution in [0.25, 0.3) is 0 Å². The Morgan fingerprint density at radius 3 is 2.76 bits per heavy atom. The van der Waals surface area contributed by atoms with Gasteiger partial charge in [0.2, 0.25) is 11.5 Å². The van der Waals surface area contributed by atoms with E-state index in [2.05, 4.69) is 15.6 Å². The number of carbonyl (C=O) groups is 3. The van der Waals surface area contributed by atoms with Crippen molar-refractivity contribution in [2.24, 2.45) is 0 Å². The first-order chi connectivity index (χ1) is 13.8. The minimum atomic E-state index is -2.17. The van der Waals surface area contributed by atoms with E-state index in [1.165, 1.54) is 36.2 Å². The van der Waals surface area contributed by atoms with Gasteiger partial charge in [0.05, 0.1) is 11.9 Å². The normalized spacial score (nSPS) is 18.6. The number of nitrogens with zero attached hydrogens (tertiary/aromatic N) is 2. The highest BCUT2D eigenvalue weighted by Crippen LogP contribution is 2.28. The molecule has 1 saturated heterocycles. The number of benzene rings is 1. The van der Waals surface area contributed by atoms with Crippen molar-refractivity contribution in [3.8, 4) is 0 Å². The molecule has 0 saturated carbocycles. The lowest BCUT2D eigenvalue weighted by Gasteiger charge is -2.21. The maximum Gasteiger partial charge on any atom is 0.268 e. The van der Waals surface area contributed by atoms with Gasteiger partial charge < -0.3 is 20.6 Å². The summed E-state index contributed by atoms with van der Waals surface area (Å²) < 4.78 is 13.2. The van der Waals surface area contributed by atoms with Gasteiger partial charge in [-0.2, -0.15) is 0 Å². The first kappa shape index (κ1) is 20.4. The Morgan fingerprint density at radius 2 is 2.10 bits per heavy atom. The quantitative estimate of drug-likeness (QED) is 0.627. The number of rotatable bonds is 6. The number of nitrogens with one attached hydrogen (secondary N) is 2. The van der Waals surface area contributed by atoms with Crippen LogP contribution in [0.1, 0.15) is 18.9 Å². The predicted molar refractivity (Wildman–Crippen MR) is 104 cm³/mol. The van der Waals surface area contributed by atoms with Crippen LogP contribution in [0.2, 0.25) is 0 Å². The summed E-state index contributed by atoms with van der Waals surface area (Å²) in [5.41, 5.74) is -1.06. The molecule has 29 heavy (non-hydrogen) atoms. The van der Waals surface area contributed by atoms with Crippen LogP contribution in [0.4, 0.5) is 15.9 Å². The number of hydrogen-bond acceptors (Lipinski definition) is 5. The number of anilines is 2. The van der Waals surface area contributed by atoms with Crippen LogP contribution in [0, 0.1) is 5.82 Å². The molecule has 0 aliphatic carbocycles. The minimum Gasteiger partial charge on any atom is -0.372 e. The van der Waals surface area contributed by atoms with Gasteiger partial charge in [0, 0.05) is 26.4 Å². The van der Waals surface area contributed by atoms with Crippen molar-refractivity contribution in [2.75, 3.05) is 23.3 Å². The molecular formula is C20H21FN4O4. The number of pyridine rings is 1. The molecule has 0 bridgehead atoms. The average molecular weight is 400 g/mol. The summed E-state index contributed by atoms with van der Waals surface area (Å²) in [7, 11) is 0. The summed E-state index contributed by atoms with van der Waals surface area (Å²) in [6, 6.07) is 9.09. The molecule has 8 nitrogen and oxygen atoms in total. The zero-order valence-corrected chi connectivity index (χ0v) is 15.8. The Labute approximate surface area is 166 Å². The van der Waals surface area contributed by atoms with Crippen molar-refractivity contribution in [3.63, 3.8) is 0 Å². The summed E-state index contributed by atoms with van der Waals surface area (Å²) in [5.74, 6) is -1.84. The Morgan fingerprint density at radius 1 is 1.31 bits per heavy atom. The second-order valence-electron chi connectivity index (χ2n) is 6.79. The molecule has 9 heteroatoms. The Balaban J connectivity index is 1.60. The van der Waals surface area contributed by atoms with Crippen LogP contribution in [0.5, 0.6) is 0 Å². The summed E-state index contributed by atoms with van der Waals surface area (Å²) in [6.45, 7) is 1.66. The zero-order chi connectivity index (χ0) is 21.0. The lowest BCUT2D eigenvalue weighted by atomic mass is 10.0. The van der Waals surface area contributed by atoms with E-state index >= 15 is 0 Å². The third-order valence-corrected chi connectivity index (χ3v) is 4.62. The Kier molecular flexibility index (Phi) is 5.88. The van der Waals surface area contributed by atoms with Crippen LogP contribution in [-0.2, 0) is 20.8 Å². The number of hydrogen-bond donors (Lipinski definition) is 3. The van der Waals surface area contributed by atoms with E-state index in [4.69, 9.17) is 0 Å². The summed E-state index contributed by atoms with van der Waals surface area (Å²) >= 11 is 0. The van der Waals surface area contributed by atoms with Gasteiger partial charge in [0.25, 0.3) is 11.8 Å². The van der Waals surface area contributed by atoms with E-state index < -0.39 is 17.4 Å². The highest BCUT2D eigenvalue weighted by molar-refractivity contribution is 6.16. The fourth-order valence-electron chi connectivity index (χ4n) is 3.12. The molecule has 1 atom stereocenters. The van der Waals surface area contributed by atoms with Crippen molar-refractivity contribution in [2.45, 2.75) is 25.4 Å². The standard InChI is InChI=1S/C20H21FN4O4/c1-13(26)24-17-6-5-16(12-23-17)25-10-8-20(29,19(25)28)18(27)22-9-7-14-3-2-4-15(21)11-14/h2-6,11-12,29H,7-10H2,1H3,(H,22,27)(H,23,24,26). The molecule has 1 aromatic heterocycles. The zero-order valence-electron chi connectivity index (χ0n) is 15.8. The van der Waals surface area contributed by atoms with Gasteiger partial charge in [-0.1, -0.05) is 12.1 Å². The average Bonchev–Trinajstić information content (AvgIpc) is 2.98. The molecular weight excluding hydrogens is 379 g/mol. The van der Waals surface area contributed by atoms with Crippen LogP contribution in [0.15, 0.2) is 42.6 Å². The van der Waals surface area contributed by atoms with Crippen LogP contribution >= 0.6 is 0 Å². The highest BCUT2D eigenvalue weighted by atomic mass is 19.1. The first-order valence-corrected chi connectivity index (χ1v) is 9.10. The van der Waals surface area contributed by atoms with Gasteiger partial charge in [-0.25, -0.2) is 9.37 Å². The molecule has 3 rings (SSSR count). The Bertz CT molecular complexity index is 934. The van der Waals surface area contributed by atoms with E-state index in [1.807, 2.05) is 0 Å².